The smallest absolute Gasteiger partial charge is 0.248 e. The van der Waals surface area contributed by atoms with Crippen molar-refractivity contribution in [2.75, 3.05) is 13.2 Å². The Balaban J connectivity index is 1.84. The molecule has 0 aliphatic carbocycles. The van der Waals surface area contributed by atoms with E-state index in [1.165, 1.54) is 6.42 Å². The summed E-state index contributed by atoms with van der Waals surface area (Å²) < 4.78 is 5.70. The lowest BCUT2D eigenvalue weighted by Gasteiger charge is -2.27. The molecule has 0 heterocycles. The summed E-state index contributed by atoms with van der Waals surface area (Å²) in [5, 5.41) is 20.7. The van der Waals surface area contributed by atoms with Crippen molar-refractivity contribution in [1.29, 1.82) is 0 Å². The Morgan fingerprint density at radius 2 is 1.63 bits per heavy atom. The summed E-state index contributed by atoms with van der Waals surface area (Å²) in [7, 11) is 0. The standard InChI is InChI=1S/C20H23N2O5/c21-19(26)20(13-23,14-24)22-18(25)11-8-15-6-9-17(10-7-15)27-12-16-4-2-1-3-5-16/h1-7,9-11,23-24H,8,12-14H2,(H2,21,26)(H,22,25). The molecule has 27 heavy (non-hydrogen) atoms. The van der Waals surface area contributed by atoms with Gasteiger partial charge in [-0.05, 0) is 29.7 Å². The van der Waals surface area contributed by atoms with E-state index in [1.807, 2.05) is 42.5 Å². The monoisotopic (exact) mass is 371 g/mol. The molecule has 1 radical (unpaired) electrons. The first-order chi connectivity index (χ1) is 13.0. The van der Waals surface area contributed by atoms with Crippen LogP contribution in [-0.4, -0.2) is 40.8 Å². The average molecular weight is 371 g/mol. The summed E-state index contributed by atoms with van der Waals surface area (Å²) in [4.78, 5) is 23.3. The van der Waals surface area contributed by atoms with Crippen LogP contribution in [0.2, 0.25) is 0 Å². The number of aliphatic hydroxyl groups excluding tert-OH is 2. The molecule has 7 nitrogen and oxygen atoms in total. The minimum Gasteiger partial charge on any atom is -0.489 e. The lowest BCUT2D eigenvalue weighted by molar-refractivity contribution is -0.133. The summed E-state index contributed by atoms with van der Waals surface area (Å²) in [6.45, 7) is -1.11. The number of ether oxygens (including phenoxy) is 1. The molecule has 7 heteroatoms. The number of benzene rings is 2. The third-order valence-corrected chi connectivity index (χ3v) is 4.07. The summed E-state index contributed by atoms with van der Waals surface area (Å²) >= 11 is 0. The number of carbonyl (C=O) groups is 2. The summed E-state index contributed by atoms with van der Waals surface area (Å²) in [5.74, 6) is -0.907. The van der Waals surface area contributed by atoms with Gasteiger partial charge in [-0.2, -0.15) is 0 Å². The summed E-state index contributed by atoms with van der Waals surface area (Å²) in [6, 6.07) is 17.1. The molecule has 0 aliphatic heterocycles. The van der Waals surface area contributed by atoms with Gasteiger partial charge in [0.15, 0.2) is 5.54 Å². The second-order valence-electron chi connectivity index (χ2n) is 6.08. The van der Waals surface area contributed by atoms with Crippen molar-refractivity contribution in [3.63, 3.8) is 0 Å². The van der Waals surface area contributed by atoms with Crippen LogP contribution in [0, 0.1) is 6.42 Å². The van der Waals surface area contributed by atoms with E-state index >= 15 is 0 Å². The number of rotatable bonds is 10. The van der Waals surface area contributed by atoms with Crippen LogP contribution in [0.1, 0.15) is 11.1 Å². The highest BCUT2D eigenvalue weighted by atomic mass is 16.5. The molecule has 0 saturated heterocycles. The van der Waals surface area contributed by atoms with Crippen LogP contribution in [0.4, 0.5) is 0 Å². The third-order valence-electron chi connectivity index (χ3n) is 4.07. The Bertz CT molecular complexity index is 743. The SMILES string of the molecule is NC(=O)C(CO)(CO)NC(=O)[CH]Cc1ccc(OCc2ccccc2)cc1. The van der Waals surface area contributed by atoms with E-state index in [0.29, 0.717) is 18.8 Å². The number of primary amides is 1. The minimum atomic E-state index is -1.87. The number of hydrogen-bond acceptors (Lipinski definition) is 5. The molecule has 0 unspecified atom stereocenters. The van der Waals surface area contributed by atoms with E-state index in [1.54, 1.807) is 12.1 Å². The predicted molar refractivity (Wildman–Crippen MR) is 99.5 cm³/mol. The Morgan fingerprint density at radius 3 is 2.19 bits per heavy atom. The van der Waals surface area contributed by atoms with E-state index in [9.17, 15) is 19.8 Å². The highest BCUT2D eigenvalue weighted by Crippen LogP contribution is 2.15. The minimum absolute atomic E-state index is 0.302. The van der Waals surface area contributed by atoms with Crippen LogP contribution in [0.25, 0.3) is 0 Å². The van der Waals surface area contributed by atoms with Crippen molar-refractivity contribution in [3.8, 4) is 5.75 Å². The highest BCUT2D eigenvalue weighted by molar-refractivity contribution is 5.93. The molecule has 0 saturated carbocycles. The number of amides is 2. The maximum atomic E-state index is 12.0. The van der Waals surface area contributed by atoms with E-state index in [-0.39, 0.29) is 0 Å². The van der Waals surface area contributed by atoms with E-state index in [2.05, 4.69) is 5.32 Å². The Kier molecular flexibility index (Phi) is 7.34. The zero-order valence-electron chi connectivity index (χ0n) is 14.8. The largest absolute Gasteiger partial charge is 0.489 e. The lowest BCUT2D eigenvalue weighted by Crippen LogP contribution is -2.62. The van der Waals surface area contributed by atoms with E-state index in [4.69, 9.17) is 10.5 Å². The summed E-state index contributed by atoms with van der Waals surface area (Å²) in [6.07, 6.45) is 1.61. The fraction of sp³-hybridized carbons (Fsp3) is 0.250. The maximum Gasteiger partial charge on any atom is 0.248 e. The third kappa shape index (κ3) is 5.80. The van der Waals surface area contributed by atoms with Crippen molar-refractivity contribution >= 4 is 11.8 Å². The van der Waals surface area contributed by atoms with Gasteiger partial charge < -0.3 is 26.0 Å². The fourth-order valence-corrected chi connectivity index (χ4v) is 2.31. The number of carbonyl (C=O) groups excluding carboxylic acids is 2. The molecule has 143 valence electrons. The predicted octanol–water partition coefficient (Wildman–Crippen LogP) is 0.337. The van der Waals surface area contributed by atoms with Gasteiger partial charge in [0.25, 0.3) is 0 Å². The van der Waals surface area contributed by atoms with Crippen molar-refractivity contribution in [2.24, 2.45) is 5.73 Å². The Labute approximate surface area is 157 Å². The second-order valence-corrected chi connectivity index (χ2v) is 6.08. The van der Waals surface area contributed by atoms with Crippen molar-refractivity contribution < 1.29 is 24.5 Å². The molecular weight excluding hydrogens is 348 g/mol. The Morgan fingerprint density at radius 1 is 1.00 bits per heavy atom. The van der Waals surface area contributed by atoms with Gasteiger partial charge in [-0.1, -0.05) is 42.5 Å². The highest BCUT2D eigenvalue weighted by Gasteiger charge is 2.37. The van der Waals surface area contributed by atoms with Gasteiger partial charge in [0.1, 0.15) is 12.4 Å². The molecule has 2 aromatic rings. The molecule has 0 aliphatic rings. The van der Waals surface area contributed by atoms with E-state index < -0.39 is 30.6 Å². The van der Waals surface area contributed by atoms with Crippen molar-refractivity contribution in [3.05, 3.63) is 72.1 Å². The molecule has 0 spiro atoms. The van der Waals surface area contributed by atoms with Crippen LogP contribution in [0.3, 0.4) is 0 Å². The van der Waals surface area contributed by atoms with Gasteiger partial charge in [-0.25, -0.2) is 0 Å². The summed E-state index contributed by atoms with van der Waals surface area (Å²) in [5.41, 5.74) is 5.18. The van der Waals surface area contributed by atoms with Crippen molar-refractivity contribution in [1.82, 2.24) is 5.32 Å². The molecule has 2 amide bonds. The normalized spacial score (nSPS) is 11.0. The quantitative estimate of drug-likeness (QED) is 0.480. The van der Waals surface area contributed by atoms with Crippen LogP contribution in [0.5, 0.6) is 5.75 Å². The van der Waals surface area contributed by atoms with Crippen molar-refractivity contribution in [2.45, 2.75) is 18.6 Å². The van der Waals surface area contributed by atoms with Crippen LogP contribution in [-0.2, 0) is 22.6 Å². The van der Waals surface area contributed by atoms with Gasteiger partial charge in [0.05, 0.1) is 19.6 Å². The van der Waals surface area contributed by atoms with Crippen LogP contribution in [0.15, 0.2) is 54.6 Å². The zero-order chi connectivity index (χ0) is 19.7. The van der Waals surface area contributed by atoms with Gasteiger partial charge in [0.2, 0.25) is 11.8 Å². The average Bonchev–Trinajstić information content (AvgIpc) is 2.70. The molecule has 2 aromatic carbocycles. The number of aliphatic hydroxyl groups is 2. The lowest BCUT2D eigenvalue weighted by atomic mass is 10.0. The number of nitrogens with one attached hydrogen (secondary N) is 1. The zero-order valence-corrected chi connectivity index (χ0v) is 14.8. The maximum absolute atomic E-state index is 12.0. The molecule has 0 fully saturated rings. The first kappa shape index (κ1) is 20.4. The molecular formula is C20H23N2O5. The molecule has 0 atom stereocenters. The molecule has 0 bridgehead atoms. The number of nitrogens with two attached hydrogens (primary N) is 1. The van der Waals surface area contributed by atoms with Gasteiger partial charge >= 0.3 is 0 Å². The fourth-order valence-electron chi connectivity index (χ4n) is 2.31. The van der Waals surface area contributed by atoms with Crippen LogP contribution < -0.4 is 15.8 Å². The molecule has 5 N–H and O–H groups in total. The first-order valence-electron chi connectivity index (χ1n) is 8.42. The number of hydrogen-bond donors (Lipinski definition) is 4. The van der Waals surface area contributed by atoms with Gasteiger partial charge in [-0.15, -0.1) is 0 Å². The van der Waals surface area contributed by atoms with E-state index in [0.717, 1.165) is 11.1 Å². The second kappa shape index (κ2) is 9.70. The van der Waals surface area contributed by atoms with Gasteiger partial charge in [-0.3, -0.25) is 9.59 Å². The Hall–Kier alpha value is -2.90. The first-order valence-corrected chi connectivity index (χ1v) is 8.42. The van der Waals surface area contributed by atoms with Gasteiger partial charge in [0, 0.05) is 0 Å². The van der Waals surface area contributed by atoms with Crippen LogP contribution >= 0.6 is 0 Å². The molecule has 2 rings (SSSR count). The topological polar surface area (TPSA) is 122 Å². The molecule has 0 aromatic heterocycles.